The minimum Gasteiger partial charge on any atom is -0.481 e. The van der Waals surface area contributed by atoms with Crippen molar-refractivity contribution in [2.45, 2.75) is 33.7 Å². The van der Waals surface area contributed by atoms with E-state index in [1.165, 1.54) is 15.9 Å². The summed E-state index contributed by atoms with van der Waals surface area (Å²) in [5, 5.41) is 9.93. The summed E-state index contributed by atoms with van der Waals surface area (Å²) >= 11 is 1.49. The van der Waals surface area contributed by atoms with E-state index in [0.717, 1.165) is 10.4 Å². The Balaban J connectivity index is 2.17. The quantitative estimate of drug-likeness (QED) is 0.755. The third kappa shape index (κ3) is 3.22. The van der Waals surface area contributed by atoms with Crippen LogP contribution in [0.2, 0.25) is 0 Å². The molecule has 0 fully saturated rings. The van der Waals surface area contributed by atoms with E-state index in [9.17, 15) is 14.7 Å². The average molecular weight is 356 g/mol. The van der Waals surface area contributed by atoms with Gasteiger partial charge in [0.05, 0.1) is 10.8 Å². The lowest BCUT2D eigenvalue weighted by Crippen LogP contribution is -2.36. The number of nitrogens with zero attached hydrogens (tertiary/aromatic N) is 2. The summed E-state index contributed by atoms with van der Waals surface area (Å²) in [5.74, 6) is -0.315. The minimum atomic E-state index is -1.04. The molecular formula is C19H20N2O3S. The maximum absolute atomic E-state index is 13.0. The molecule has 130 valence electrons. The van der Waals surface area contributed by atoms with Crippen molar-refractivity contribution in [3.05, 3.63) is 52.6 Å². The van der Waals surface area contributed by atoms with Gasteiger partial charge in [0.15, 0.2) is 0 Å². The van der Waals surface area contributed by atoms with Crippen molar-refractivity contribution in [2.24, 2.45) is 5.41 Å². The van der Waals surface area contributed by atoms with Crippen LogP contribution in [0.1, 0.15) is 26.6 Å². The van der Waals surface area contributed by atoms with E-state index >= 15 is 0 Å². The topological polar surface area (TPSA) is 72.2 Å². The molecule has 3 aromatic rings. The molecule has 1 aromatic carbocycles. The fraction of sp³-hybridized carbons (Fsp3) is 0.316. The van der Waals surface area contributed by atoms with Crippen molar-refractivity contribution in [2.75, 3.05) is 0 Å². The van der Waals surface area contributed by atoms with Gasteiger partial charge < -0.3 is 5.11 Å². The minimum absolute atomic E-state index is 0.101. The van der Waals surface area contributed by atoms with E-state index in [2.05, 4.69) is 4.98 Å². The van der Waals surface area contributed by atoms with Gasteiger partial charge >= 0.3 is 5.97 Å². The maximum Gasteiger partial charge on any atom is 0.310 e. The van der Waals surface area contributed by atoms with Gasteiger partial charge in [-0.15, -0.1) is 11.3 Å². The Bertz CT molecular complexity index is 987. The molecule has 6 heteroatoms. The Labute approximate surface area is 149 Å². The highest BCUT2D eigenvalue weighted by Crippen LogP contribution is 2.31. The zero-order chi connectivity index (χ0) is 18.2. The molecule has 5 nitrogen and oxygen atoms in total. The number of benzene rings is 1. The molecule has 0 spiro atoms. The highest BCUT2D eigenvalue weighted by molar-refractivity contribution is 7.21. The monoisotopic (exact) mass is 356 g/mol. The lowest BCUT2D eigenvalue weighted by Gasteiger charge is -2.22. The molecule has 0 aliphatic heterocycles. The smallest absolute Gasteiger partial charge is 0.310 e. The van der Waals surface area contributed by atoms with Gasteiger partial charge in [0.25, 0.3) is 5.56 Å². The van der Waals surface area contributed by atoms with Crippen LogP contribution in [0.3, 0.4) is 0 Å². The third-order valence-corrected chi connectivity index (χ3v) is 5.32. The molecule has 25 heavy (non-hydrogen) atoms. The number of carbonyl (C=O) groups is 1. The number of aryl methyl sites for hydroxylation is 1. The predicted molar refractivity (Wildman–Crippen MR) is 100 cm³/mol. The molecule has 0 amide bonds. The molecule has 3 rings (SSSR count). The van der Waals surface area contributed by atoms with Crippen LogP contribution in [0.4, 0.5) is 0 Å². The van der Waals surface area contributed by atoms with E-state index in [1.54, 1.807) is 13.8 Å². The van der Waals surface area contributed by atoms with Crippen LogP contribution in [0, 0.1) is 5.41 Å². The molecule has 0 saturated carbocycles. The second-order valence-electron chi connectivity index (χ2n) is 6.66. The van der Waals surface area contributed by atoms with E-state index in [0.29, 0.717) is 22.5 Å². The van der Waals surface area contributed by atoms with Crippen LogP contribution >= 0.6 is 11.3 Å². The zero-order valence-electron chi connectivity index (χ0n) is 14.4. The van der Waals surface area contributed by atoms with E-state index in [1.807, 2.05) is 43.3 Å². The summed E-state index contributed by atoms with van der Waals surface area (Å²) in [6, 6.07) is 11.7. The first-order chi connectivity index (χ1) is 11.8. The number of carboxylic acids is 1. The summed E-state index contributed by atoms with van der Waals surface area (Å²) in [7, 11) is 0. The number of aliphatic carboxylic acids is 1. The summed E-state index contributed by atoms with van der Waals surface area (Å²) < 4.78 is 1.51. The second-order valence-corrected chi connectivity index (χ2v) is 7.69. The average Bonchev–Trinajstić information content (AvgIpc) is 3.02. The zero-order valence-corrected chi connectivity index (χ0v) is 15.3. The van der Waals surface area contributed by atoms with Gasteiger partial charge in [0.2, 0.25) is 0 Å². The molecule has 0 radical (unpaired) electrons. The van der Waals surface area contributed by atoms with E-state index in [-0.39, 0.29) is 12.1 Å². The second kappa shape index (κ2) is 6.44. The van der Waals surface area contributed by atoms with Crippen LogP contribution in [0.5, 0.6) is 0 Å². The summed E-state index contributed by atoms with van der Waals surface area (Å²) in [6.07, 6.45) is 0.569. The molecule has 0 aliphatic carbocycles. The van der Waals surface area contributed by atoms with Crippen LogP contribution in [-0.2, 0) is 17.8 Å². The molecule has 0 bridgehead atoms. The number of fused-ring (bicyclic) bond motifs is 1. The lowest BCUT2D eigenvalue weighted by atomic mass is 9.93. The molecule has 0 unspecified atom stereocenters. The first-order valence-electron chi connectivity index (χ1n) is 8.15. The van der Waals surface area contributed by atoms with Crippen LogP contribution in [0.15, 0.2) is 41.2 Å². The fourth-order valence-electron chi connectivity index (χ4n) is 2.70. The maximum atomic E-state index is 13.0. The van der Waals surface area contributed by atoms with Crippen LogP contribution < -0.4 is 5.56 Å². The molecule has 0 atom stereocenters. The summed E-state index contributed by atoms with van der Waals surface area (Å²) in [5.41, 5.74) is -0.170. The number of aromatic nitrogens is 2. The van der Waals surface area contributed by atoms with E-state index < -0.39 is 11.4 Å². The highest BCUT2D eigenvalue weighted by Gasteiger charge is 2.29. The molecule has 1 N–H and O–H groups in total. The first-order valence-corrected chi connectivity index (χ1v) is 8.97. The van der Waals surface area contributed by atoms with Crippen molar-refractivity contribution in [3.8, 4) is 10.4 Å². The number of rotatable bonds is 5. The predicted octanol–water partition coefficient (Wildman–Crippen LogP) is 3.80. The Morgan fingerprint density at radius 1 is 1.28 bits per heavy atom. The Morgan fingerprint density at radius 3 is 2.56 bits per heavy atom. The third-order valence-electron chi connectivity index (χ3n) is 4.24. The van der Waals surface area contributed by atoms with Gasteiger partial charge in [-0.25, -0.2) is 4.98 Å². The van der Waals surface area contributed by atoms with Crippen molar-refractivity contribution in [1.29, 1.82) is 0 Å². The number of thiophene rings is 1. The molecule has 2 heterocycles. The van der Waals surface area contributed by atoms with Gasteiger partial charge in [-0.3, -0.25) is 14.2 Å². The molecule has 0 aliphatic rings. The van der Waals surface area contributed by atoms with Crippen molar-refractivity contribution < 1.29 is 9.90 Å². The van der Waals surface area contributed by atoms with Crippen molar-refractivity contribution in [3.63, 3.8) is 0 Å². The normalized spacial score (nSPS) is 11.8. The van der Waals surface area contributed by atoms with Crippen molar-refractivity contribution in [1.82, 2.24) is 9.55 Å². The van der Waals surface area contributed by atoms with E-state index in [4.69, 9.17) is 0 Å². The molecular weight excluding hydrogens is 336 g/mol. The first kappa shape index (κ1) is 17.4. The molecule has 2 aromatic heterocycles. The summed E-state index contributed by atoms with van der Waals surface area (Å²) in [4.78, 5) is 30.8. The van der Waals surface area contributed by atoms with Gasteiger partial charge in [-0.1, -0.05) is 37.3 Å². The SMILES string of the molecule is CCc1nc2sc(-c3ccccc3)cc2c(=O)n1CC(C)(C)C(=O)O. The summed E-state index contributed by atoms with van der Waals surface area (Å²) in [6.45, 7) is 5.26. The van der Waals surface area contributed by atoms with Gasteiger partial charge in [0, 0.05) is 17.8 Å². The van der Waals surface area contributed by atoms with Gasteiger partial charge in [-0.2, -0.15) is 0 Å². The number of carboxylic acid groups (broad SMARTS) is 1. The Morgan fingerprint density at radius 2 is 1.96 bits per heavy atom. The standard InChI is InChI=1S/C19H20N2O3S/c1-4-15-20-16-13(10-14(25-16)12-8-6-5-7-9-12)17(22)21(15)11-19(2,3)18(23)24/h5-10H,4,11H2,1-3H3,(H,23,24). The number of hydrogen-bond acceptors (Lipinski definition) is 4. The number of hydrogen-bond donors (Lipinski definition) is 1. The highest BCUT2D eigenvalue weighted by atomic mass is 32.1. The van der Waals surface area contributed by atoms with Gasteiger partial charge in [0.1, 0.15) is 10.7 Å². The van der Waals surface area contributed by atoms with Crippen LogP contribution in [0.25, 0.3) is 20.7 Å². The Hall–Kier alpha value is -2.47. The molecule has 0 saturated heterocycles. The Kier molecular flexibility index (Phi) is 4.47. The van der Waals surface area contributed by atoms with Crippen molar-refractivity contribution >= 4 is 27.5 Å². The van der Waals surface area contributed by atoms with Crippen LogP contribution in [-0.4, -0.2) is 20.6 Å². The largest absolute Gasteiger partial charge is 0.481 e. The van der Waals surface area contributed by atoms with Gasteiger partial charge in [-0.05, 0) is 25.5 Å². The fourth-order valence-corrected chi connectivity index (χ4v) is 3.74. The lowest BCUT2D eigenvalue weighted by molar-refractivity contribution is -0.147.